The first-order valence-corrected chi connectivity index (χ1v) is 18.5. The molecule has 1 aliphatic carbocycles. The number of aliphatic hydroxyl groups excluding tert-OH is 3. The first kappa shape index (κ1) is 43.6. The fraction of sp³-hybridized carbons (Fsp3) is 0.525. The third kappa shape index (κ3) is 16.1. The number of amides is 1. The van der Waals surface area contributed by atoms with Crippen molar-refractivity contribution in [3.05, 3.63) is 88.0 Å². The Balaban J connectivity index is 1.34. The minimum atomic E-state index is -0.928. The van der Waals surface area contributed by atoms with Crippen molar-refractivity contribution in [3.63, 3.8) is 0 Å². The van der Waals surface area contributed by atoms with Crippen molar-refractivity contribution >= 4 is 23.9 Å². The van der Waals surface area contributed by atoms with Crippen molar-refractivity contribution in [1.82, 2.24) is 5.32 Å². The normalized spacial score (nSPS) is 19.4. The number of carbonyl (C=O) groups is 3. The number of rotatable bonds is 24. The molecule has 1 amide bonds. The average Bonchev–Trinajstić information content (AvgIpc) is 3.42. The number of methoxy groups -OCH3 is 1. The molecule has 0 heterocycles. The van der Waals surface area contributed by atoms with Crippen LogP contribution in [0.25, 0.3) is 6.08 Å². The van der Waals surface area contributed by atoms with Crippen LogP contribution in [0.4, 0.5) is 0 Å². The lowest BCUT2D eigenvalue weighted by Crippen LogP contribution is -2.40. The zero-order chi connectivity index (χ0) is 39.3. The number of aryl methyl sites for hydroxylation is 1. The van der Waals surface area contributed by atoms with Gasteiger partial charge in [-0.3, -0.25) is 4.79 Å². The summed E-state index contributed by atoms with van der Waals surface area (Å²) in [5, 5.41) is 43.6. The number of unbranched alkanes of at least 4 members (excludes halogenated alkanes) is 2. The molecule has 0 saturated heterocycles. The molecule has 1 unspecified atom stereocenters. The number of ether oxygens (including phenoxy) is 3. The lowest BCUT2D eigenvalue weighted by atomic mass is 9.85. The summed E-state index contributed by atoms with van der Waals surface area (Å²) < 4.78 is 15.8. The Morgan fingerprint density at radius 2 is 1.72 bits per heavy atom. The standard InChI is InChI=1S/C40H54N2O12/c1-28(40(48)54-36-22-17-30(26-37(36)51-2)18-23-39(47)52-24-10-11-25-53-42(49)50)41-38(46)15-9-4-3-8-14-32-33(35(45)27-34(32)44)21-20-31(43)19-16-29-12-6-5-7-13-29/h3,5-8,12-13,17-18,22-23,26,28,31-35,43-45H,4,9-11,14-16,19-21,24-25,27H2,1-2H3,(H,41,46)/t28?,31-,32+,33+,34-,35+/m0/s1. The third-order valence-corrected chi connectivity index (χ3v) is 9.33. The van der Waals surface area contributed by atoms with Crippen LogP contribution in [0.3, 0.4) is 0 Å². The fourth-order valence-electron chi connectivity index (χ4n) is 6.33. The highest BCUT2D eigenvalue weighted by atomic mass is 16.9. The van der Waals surface area contributed by atoms with Crippen molar-refractivity contribution < 1.29 is 53.8 Å². The number of hydrogen-bond acceptors (Lipinski definition) is 12. The number of aliphatic hydroxyl groups is 3. The van der Waals surface area contributed by atoms with Crippen LogP contribution in [0.5, 0.6) is 11.5 Å². The van der Waals surface area contributed by atoms with Crippen LogP contribution in [0, 0.1) is 22.0 Å². The molecule has 0 bridgehead atoms. The highest BCUT2D eigenvalue weighted by Crippen LogP contribution is 2.38. The van der Waals surface area contributed by atoms with E-state index in [1.165, 1.54) is 37.8 Å². The Hall–Kier alpha value is -4.79. The van der Waals surface area contributed by atoms with E-state index in [0.29, 0.717) is 63.4 Å². The van der Waals surface area contributed by atoms with Crippen LogP contribution >= 0.6 is 0 Å². The van der Waals surface area contributed by atoms with Gasteiger partial charge < -0.3 is 39.7 Å². The van der Waals surface area contributed by atoms with Gasteiger partial charge in [-0.25, -0.2) is 9.59 Å². The van der Waals surface area contributed by atoms with Crippen LogP contribution in [0.2, 0.25) is 0 Å². The Bertz CT molecular complexity index is 1530. The fourth-order valence-corrected chi connectivity index (χ4v) is 6.33. The van der Waals surface area contributed by atoms with E-state index in [-0.39, 0.29) is 48.9 Å². The predicted molar refractivity (Wildman–Crippen MR) is 200 cm³/mol. The summed E-state index contributed by atoms with van der Waals surface area (Å²) in [5.41, 5.74) is 1.75. The maximum atomic E-state index is 12.7. The highest BCUT2D eigenvalue weighted by molar-refractivity contribution is 5.87. The van der Waals surface area contributed by atoms with Crippen molar-refractivity contribution in [3.8, 4) is 11.5 Å². The molecule has 296 valence electrons. The molecule has 0 spiro atoms. The lowest BCUT2D eigenvalue weighted by Gasteiger charge is -2.23. The van der Waals surface area contributed by atoms with Crippen LogP contribution in [0.15, 0.2) is 66.8 Å². The largest absolute Gasteiger partial charge is 0.493 e. The topological polar surface area (TPSA) is 204 Å². The van der Waals surface area contributed by atoms with Gasteiger partial charge in [0.1, 0.15) is 6.04 Å². The maximum absolute atomic E-state index is 12.7. The Kier molecular flexibility index (Phi) is 19.2. The quantitative estimate of drug-likeness (QED) is 0.0215. The molecule has 1 aliphatic rings. The van der Waals surface area contributed by atoms with Crippen molar-refractivity contribution in [2.75, 3.05) is 20.3 Å². The Labute approximate surface area is 316 Å². The van der Waals surface area contributed by atoms with Gasteiger partial charge >= 0.3 is 11.9 Å². The van der Waals surface area contributed by atoms with E-state index >= 15 is 0 Å². The van der Waals surface area contributed by atoms with E-state index in [1.807, 2.05) is 42.5 Å². The van der Waals surface area contributed by atoms with E-state index in [9.17, 15) is 39.8 Å². The van der Waals surface area contributed by atoms with Gasteiger partial charge in [0.05, 0.1) is 38.6 Å². The molecular weight excluding hydrogens is 700 g/mol. The second-order valence-corrected chi connectivity index (χ2v) is 13.4. The Morgan fingerprint density at radius 3 is 2.46 bits per heavy atom. The summed E-state index contributed by atoms with van der Waals surface area (Å²) in [6.45, 7) is 1.52. The molecule has 4 N–H and O–H groups in total. The number of carbonyl (C=O) groups excluding carboxylic acids is 3. The molecule has 6 atom stereocenters. The zero-order valence-electron chi connectivity index (χ0n) is 31.0. The molecule has 14 nitrogen and oxygen atoms in total. The Morgan fingerprint density at radius 1 is 0.981 bits per heavy atom. The van der Waals surface area contributed by atoms with Crippen molar-refractivity contribution in [2.45, 2.75) is 102 Å². The molecule has 2 aromatic carbocycles. The summed E-state index contributed by atoms with van der Waals surface area (Å²) in [6, 6.07) is 13.8. The average molecular weight is 755 g/mol. The molecule has 14 heteroatoms. The summed E-state index contributed by atoms with van der Waals surface area (Å²) in [5.74, 6) is -1.42. The number of allylic oxidation sites excluding steroid dienone is 2. The molecule has 0 aromatic heterocycles. The molecule has 2 aromatic rings. The molecular formula is C40H54N2O12. The SMILES string of the molecule is COc1cc(C=CC(=O)OCCCCO[N+](=O)[O-])ccc1OC(=O)C(C)NC(=O)CCCC=CC[C@@H]1[C@@H](CC[C@@H](O)CCc2ccccc2)[C@H](O)C[C@@H]1O. The summed E-state index contributed by atoms with van der Waals surface area (Å²) in [4.78, 5) is 51.5. The van der Waals surface area contributed by atoms with E-state index < -0.39 is 41.4 Å². The summed E-state index contributed by atoms with van der Waals surface area (Å²) in [6.07, 6.45) is 10.7. The van der Waals surface area contributed by atoms with Crippen LogP contribution in [0.1, 0.15) is 82.3 Å². The van der Waals surface area contributed by atoms with E-state index in [2.05, 4.69) is 10.2 Å². The zero-order valence-corrected chi connectivity index (χ0v) is 31.0. The first-order valence-electron chi connectivity index (χ1n) is 18.5. The maximum Gasteiger partial charge on any atom is 0.333 e. The van der Waals surface area contributed by atoms with Crippen molar-refractivity contribution in [1.29, 1.82) is 0 Å². The number of nitrogens with one attached hydrogen (secondary N) is 1. The monoisotopic (exact) mass is 754 g/mol. The van der Waals surface area contributed by atoms with Gasteiger partial charge in [-0.1, -0.05) is 48.6 Å². The molecule has 0 aliphatic heterocycles. The smallest absolute Gasteiger partial charge is 0.333 e. The van der Waals surface area contributed by atoms with Crippen molar-refractivity contribution in [2.24, 2.45) is 11.8 Å². The number of hydrogen-bond donors (Lipinski definition) is 4. The second kappa shape index (κ2) is 23.8. The molecule has 54 heavy (non-hydrogen) atoms. The molecule has 1 fully saturated rings. The number of nitrogens with zero attached hydrogens (tertiary/aromatic N) is 1. The summed E-state index contributed by atoms with van der Waals surface area (Å²) in [7, 11) is 1.40. The van der Waals surface area contributed by atoms with Crippen LogP contribution < -0.4 is 14.8 Å². The first-order chi connectivity index (χ1) is 26.0. The van der Waals surface area contributed by atoms with E-state index in [0.717, 1.165) is 6.42 Å². The minimum Gasteiger partial charge on any atom is -0.493 e. The van der Waals surface area contributed by atoms with Gasteiger partial charge in [0.15, 0.2) is 11.5 Å². The lowest BCUT2D eigenvalue weighted by molar-refractivity contribution is -0.757. The van der Waals surface area contributed by atoms with E-state index in [4.69, 9.17) is 14.2 Å². The van der Waals surface area contributed by atoms with Gasteiger partial charge in [-0.2, -0.15) is 0 Å². The molecule has 1 saturated carbocycles. The van der Waals surface area contributed by atoms with Crippen LogP contribution in [-0.4, -0.2) is 82.9 Å². The van der Waals surface area contributed by atoms with Gasteiger partial charge in [-0.05, 0) is 112 Å². The van der Waals surface area contributed by atoms with E-state index in [1.54, 1.807) is 12.1 Å². The van der Waals surface area contributed by atoms with Gasteiger partial charge in [0.25, 0.3) is 5.09 Å². The van der Waals surface area contributed by atoms with Gasteiger partial charge in [0.2, 0.25) is 5.91 Å². The minimum absolute atomic E-state index is 0.0749. The summed E-state index contributed by atoms with van der Waals surface area (Å²) >= 11 is 0. The second-order valence-electron chi connectivity index (χ2n) is 13.4. The van der Waals surface area contributed by atoms with Gasteiger partial charge in [-0.15, -0.1) is 10.1 Å². The number of esters is 2. The third-order valence-electron chi connectivity index (χ3n) is 9.33. The number of benzene rings is 2. The predicted octanol–water partition coefficient (Wildman–Crippen LogP) is 4.90. The van der Waals surface area contributed by atoms with Gasteiger partial charge in [0, 0.05) is 12.5 Å². The highest BCUT2D eigenvalue weighted by Gasteiger charge is 2.40. The molecule has 0 radical (unpaired) electrons. The molecule has 3 rings (SSSR count). The van der Waals surface area contributed by atoms with Crippen LogP contribution in [-0.2, 0) is 30.4 Å².